The number of hydrogen-bond acceptors (Lipinski definition) is 3. The maximum absolute atomic E-state index is 12.3. The summed E-state index contributed by atoms with van der Waals surface area (Å²) in [4.78, 5) is 27.8. The molecule has 0 N–H and O–H groups in total. The van der Waals surface area contributed by atoms with Crippen molar-refractivity contribution in [2.24, 2.45) is 0 Å². The van der Waals surface area contributed by atoms with E-state index in [0.717, 1.165) is 25.9 Å². The second-order valence-electron chi connectivity index (χ2n) is 5.68. The second kappa shape index (κ2) is 8.20. The van der Waals surface area contributed by atoms with Gasteiger partial charge in [-0.2, -0.15) is 0 Å². The van der Waals surface area contributed by atoms with Gasteiger partial charge in [-0.1, -0.05) is 11.6 Å². The number of carbonyl (C=O) groups excluding carboxylic acids is 2. The lowest BCUT2D eigenvalue weighted by Crippen LogP contribution is -2.39. The van der Waals surface area contributed by atoms with E-state index < -0.39 is 0 Å². The summed E-state index contributed by atoms with van der Waals surface area (Å²) in [5, 5.41) is 0.523. The Morgan fingerprint density at radius 2 is 1.96 bits per heavy atom. The smallest absolute Gasteiger partial charge is 0.224 e. The maximum atomic E-state index is 12.3. The van der Waals surface area contributed by atoms with Crippen LogP contribution < -0.4 is 9.64 Å². The van der Waals surface area contributed by atoms with Crippen molar-refractivity contribution in [3.8, 4) is 5.75 Å². The van der Waals surface area contributed by atoms with Crippen LogP contribution in [0.15, 0.2) is 18.2 Å². The Labute approximate surface area is 142 Å². The summed E-state index contributed by atoms with van der Waals surface area (Å²) >= 11 is 6.04. The third kappa shape index (κ3) is 4.61. The fourth-order valence-electron chi connectivity index (χ4n) is 2.83. The normalized spacial score (nSPS) is 14.5. The molecule has 1 aromatic rings. The van der Waals surface area contributed by atoms with Crippen LogP contribution in [0.2, 0.25) is 5.02 Å². The van der Waals surface area contributed by atoms with Crippen LogP contribution in [0.1, 0.15) is 32.6 Å². The third-order valence-corrected chi connectivity index (χ3v) is 4.30. The topological polar surface area (TPSA) is 49.9 Å². The zero-order valence-electron chi connectivity index (χ0n) is 13.7. The second-order valence-corrected chi connectivity index (χ2v) is 6.11. The van der Waals surface area contributed by atoms with Crippen LogP contribution in [0.25, 0.3) is 0 Å². The van der Waals surface area contributed by atoms with Crippen molar-refractivity contribution in [1.29, 1.82) is 0 Å². The van der Waals surface area contributed by atoms with Crippen molar-refractivity contribution >= 4 is 29.1 Å². The average Bonchev–Trinajstić information content (AvgIpc) is 2.55. The van der Waals surface area contributed by atoms with Crippen molar-refractivity contribution in [3.05, 3.63) is 23.2 Å². The molecule has 23 heavy (non-hydrogen) atoms. The predicted molar refractivity (Wildman–Crippen MR) is 91.1 cm³/mol. The molecule has 5 nitrogen and oxygen atoms in total. The Kier molecular flexibility index (Phi) is 6.28. The minimum absolute atomic E-state index is 0.0944. The number of carbonyl (C=O) groups is 2. The van der Waals surface area contributed by atoms with Crippen LogP contribution in [0, 0.1) is 0 Å². The third-order valence-electron chi connectivity index (χ3n) is 4.07. The molecule has 0 aromatic heterocycles. The van der Waals surface area contributed by atoms with Crippen molar-refractivity contribution in [3.63, 3.8) is 0 Å². The van der Waals surface area contributed by atoms with E-state index in [0.29, 0.717) is 29.4 Å². The number of likely N-dealkylation sites (tertiary alicyclic amines) is 1. The molecule has 0 atom stereocenters. The molecule has 1 fully saturated rings. The molecule has 0 aliphatic carbocycles. The van der Waals surface area contributed by atoms with Gasteiger partial charge in [0.2, 0.25) is 11.8 Å². The van der Waals surface area contributed by atoms with E-state index >= 15 is 0 Å². The SMILES string of the molecule is COc1ccc(Cl)cc1N(CCC(=O)N1CCCCC1)C(C)=O. The molecule has 1 heterocycles. The van der Waals surface area contributed by atoms with E-state index in [9.17, 15) is 9.59 Å². The van der Waals surface area contributed by atoms with Crippen LogP contribution in [0.4, 0.5) is 5.69 Å². The molecule has 2 rings (SSSR count). The minimum atomic E-state index is -0.142. The molecule has 0 bridgehead atoms. The number of ether oxygens (including phenoxy) is 1. The molecule has 1 saturated heterocycles. The highest BCUT2D eigenvalue weighted by atomic mass is 35.5. The van der Waals surface area contributed by atoms with Gasteiger partial charge in [-0.25, -0.2) is 0 Å². The van der Waals surface area contributed by atoms with E-state index in [-0.39, 0.29) is 11.8 Å². The molecular weight excluding hydrogens is 316 g/mol. The van der Waals surface area contributed by atoms with Crippen LogP contribution in [-0.4, -0.2) is 43.5 Å². The lowest BCUT2D eigenvalue weighted by Gasteiger charge is -2.28. The molecule has 2 amide bonds. The first-order chi connectivity index (χ1) is 11.0. The largest absolute Gasteiger partial charge is 0.495 e. The summed E-state index contributed by atoms with van der Waals surface area (Å²) < 4.78 is 5.31. The Morgan fingerprint density at radius 3 is 2.57 bits per heavy atom. The number of anilines is 1. The number of methoxy groups -OCH3 is 1. The molecule has 1 aromatic carbocycles. The van der Waals surface area contributed by atoms with Crippen molar-refractivity contribution < 1.29 is 14.3 Å². The summed E-state index contributed by atoms with van der Waals surface area (Å²) in [6.07, 6.45) is 3.60. The van der Waals surface area contributed by atoms with Gasteiger partial charge in [-0.3, -0.25) is 9.59 Å². The van der Waals surface area contributed by atoms with Gasteiger partial charge in [-0.05, 0) is 37.5 Å². The quantitative estimate of drug-likeness (QED) is 0.829. The molecule has 1 aliphatic heterocycles. The highest BCUT2D eigenvalue weighted by molar-refractivity contribution is 6.31. The fourth-order valence-corrected chi connectivity index (χ4v) is 3.00. The number of rotatable bonds is 5. The Morgan fingerprint density at radius 1 is 1.26 bits per heavy atom. The lowest BCUT2D eigenvalue weighted by molar-refractivity contribution is -0.131. The zero-order valence-corrected chi connectivity index (χ0v) is 14.4. The number of amides is 2. The van der Waals surface area contributed by atoms with Gasteiger partial charge in [0.05, 0.1) is 12.8 Å². The first kappa shape index (κ1) is 17.6. The number of piperidine rings is 1. The first-order valence-electron chi connectivity index (χ1n) is 7.92. The Hall–Kier alpha value is -1.75. The molecule has 0 unspecified atom stereocenters. The molecular formula is C17H23ClN2O3. The van der Waals surface area contributed by atoms with Gasteiger partial charge in [0.15, 0.2) is 0 Å². The lowest BCUT2D eigenvalue weighted by atomic mass is 10.1. The van der Waals surface area contributed by atoms with Crippen molar-refractivity contribution in [2.75, 3.05) is 31.6 Å². The van der Waals surface area contributed by atoms with Crippen LogP contribution in [0.5, 0.6) is 5.75 Å². The van der Waals surface area contributed by atoms with E-state index in [1.54, 1.807) is 30.2 Å². The highest BCUT2D eigenvalue weighted by Gasteiger charge is 2.21. The minimum Gasteiger partial charge on any atom is -0.495 e. The predicted octanol–water partition coefficient (Wildman–Crippen LogP) is 3.10. The summed E-state index contributed by atoms with van der Waals surface area (Å²) in [5.74, 6) is 0.518. The van der Waals surface area contributed by atoms with Crippen LogP contribution in [0.3, 0.4) is 0 Å². The maximum Gasteiger partial charge on any atom is 0.224 e. The first-order valence-corrected chi connectivity index (χ1v) is 8.30. The van der Waals surface area contributed by atoms with Gasteiger partial charge in [-0.15, -0.1) is 0 Å². The van der Waals surface area contributed by atoms with Crippen molar-refractivity contribution in [1.82, 2.24) is 4.90 Å². The summed E-state index contributed by atoms with van der Waals surface area (Å²) in [5.41, 5.74) is 0.596. The van der Waals surface area contributed by atoms with E-state index in [2.05, 4.69) is 0 Å². The van der Waals surface area contributed by atoms with Crippen molar-refractivity contribution in [2.45, 2.75) is 32.6 Å². The van der Waals surface area contributed by atoms with Crippen LogP contribution >= 0.6 is 11.6 Å². The molecule has 0 saturated carbocycles. The number of nitrogens with zero attached hydrogens (tertiary/aromatic N) is 2. The van der Waals surface area contributed by atoms with Gasteiger partial charge >= 0.3 is 0 Å². The Balaban J connectivity index is 2.08. The Bertz CT molecular complexity index is 571. The molecule has 0 radical (unpaired) electrons. The average molecular weight is 339 g/mol. The summed E-state index contributed by atoms with van der Waals surface area (Å²) in [6.45, 7) is 3.44. The van der Waals surface area contributed by atoms with E-state index in [1.165, 1.54) is 13.3 Å². The van der Waals surface area contributed by atoms with Gasteiger partial charge in [0.25, 0.3) is 0 Å². The van der Waals surface area contributed by atoms with Crippen LogP contribution in [-0.2, 0) is 9.59 Å². The summed E-state index contributed by atoms with van der Waals surface area (Å²) in [7, 11) is 1.55. The molecule has 1 aliphatic rings. The summed E-state index contributed by atoms with van der Waals surface area (Å²) in [6, 6.07) is 5.12. The van der Waals surface area contributed by atoms with Gasteiger partial charge < -0.3 is 14.5 Å². The fraction of sp³-hybridized carbons (Fsp3) is 0.529. The number of benzene rings is 1. The molecule has 126 valence electrons. The highest BCUT2D eigenvalue weighted by Crippen LogP contribution is 2.31. The zero-order chi connectivity index (χ0) is 16.8. The molecule has 6 heteroatoms. The molecule has 0 spiro atoms. The number of hydrogen-bond donors (Lipinski definition) is 0. The van der Waals surface area contributed by atoms with Gasteiger partial charge in [0.1, 0.15) is 5.75 Å². The number of halogens is 1. The van der Waals surface area contributed by atoms with E-state index in [1.807, 2.05) is 4.90 Å². The monoisotopic (exact) mass is 338 g/mol. The van der Waals surface area contributed by atoms with Gasteiger partial charge in [0, 0.05) is 38.0 Å². The van der Waals surface area contributed by atoms with E-state index in [4.69, 9.17) is 16.3 Å². The standard InChI is InChI=1S/C17H23ClN2O3/c1-13(21)20(15-12-14(18)6-7-16(15)23-2)11-8-17(22)19-9-4-3-5-10-19/h6-7,12H,3-5,8-11H2,1-2H3.